The van der Waals surface area contributed by atoms with Crippen molar-refractivity contribution < 1.29 is 0 Å². The Morgan fingerprint density at radius 3 is 2.86 bits per heavy atom. The molecule has 3 rings (SSSR count). The first-order valence-corrected chi connectivity index (χ1v) is 8.31. The number of fused-ring (bicyclic) bond motifs is 1. The summed E-state index contributed by atoms with van der Waals surface area (Å²) in [5.74, 6) is 0. The van der Waals surface area contributed by atoms with Crippen molar-refractivity contribution in [2.45, 2.75) is 39.8 Å². The van der Waals surface area contributed by atoms with Gasteiger partial charge in [0.15, 0.2) is 0 Å². The van der Waals surface area contributed by atoms with E-state index >= 15 is 0 Å². The fourth-order valence-electron chi connectivity index (χ4n) is 3.07. The molecule has 5 heteroatoms. The fourth-order valence-corrected chi connectivity index (χ4v) is 3.76. The second kappa shape index (κ2) is 5.72. The van der Waals surface area contributed by atoms with Gasteiger partial charge in [0.25, 0.3) is 0 Å². The number of hydrogen-bond acceptors (Lipinski definition) is 3. The number of para-hydroxylation sites is 1. The topological polar surface area (TPSA) is 47.1 Å². The third-order valence-corrected chi connectivity index (χ3v) is 5.07. The molecule has 0 radical (unpaired) electrons. The van der Waals surface area contributed by atoms with Gasteiger partial charge in [0.05, 0.1) is 33.8 Å². The molecule has 1 aromatic heterocycles. The fraction of sp³-hybridized carbons (Fsp3) is 0.438. The van der Waals surface area contributed by atoms with E-state index in [1.165, 1.54) is 16.9 Å². The molecule has 1 aromatic carbocycles. The predicted molar refractivity (Wildman–Crippen MR) is 90.6 cm³/mol. The smallest absolute Gasteiger partial charge is 0.0767 e. The van der Waals surface area contributed by atoms with Gasteiger partial charge in [0.2, 0.25) is 0 Å². The van der Waals surface area contributed by atoms with Crippen molar-refractivity contribution in [3.05, 3.63) is 39.6 Å². The number of halogens is 1. The summed E-state index contributed by atoms with van der Waals surface area (Å²) in [6, 6.07) is 6.20. The van der Waals surface area contributed by atoms with Crippen LogP contribution < -0.4 is 10.6 Å². The van der Waals surface area contributed by atoms with E-state index in [1.807, 2.05) is 12.1 Å². The highest BCUT2D eigenvalue weighted by atomic mass is 79.9. The maximum absolute atomic E-state index is 6.18. The van der Waals surface area contributed by atoms with Crippen LogP contribution in [0.25, 0.3) is 0 Å². The van der Waals surface area contributed by atoms with Gasteiger partial charge in [-0.1, -0.05) is 19.1 Å². The van der Waals surface area contributed by atoms with Crippen molar-refractivity contribution in [2.24, 2.45) is 0 Å². The number of aromatic nitrogens is 2. The van der Waals surface area contributed by atoms with Gasteiger partial charge < -0.3 is 10.6 Å². The van der Waals surface area contributed by atoms with Crippen LogP contribution in [0.3, 0.4) is 0 Å². The maximum atomic E-state index is 6.18. The monoisotopic (exact) mass is 348 g/mol. The first-order valence-electron chi connectivity index (χ1n) is 7.52. The van der Waals surface area contributed by atoms with Crippen LogP contribution >= 0.6 is 15.9 Å². The molecule has 2 heterocycles. The normalized spacial score (nSPS) is 13.8. The van der Waals surface area contributed by atoms with Crippen molar-refractivity contribution in [3.63, 3.8) is 0 Å². The zero-order valence-corrected chi connectivity index (χ0v) is 14.2. The van der Waals surface area contributed by atoms with E-state index in [9.17, 15) is 0 Å². The number of nitrogens with two attached hydrogens (primary N) is 1. The number of nitrogens with zero attached hydrogens (tertiary/aromatic N) is 3. The molecule has 0 unspecified atom stereocenters. The van der Waals surface area contributed by atoms with Gasteiger partial charge in [-0.3, -0.25) is 4.68 Å². The van der Waals surface area contributed by atoms with Gasteiger partial charge in [-0.2, -0.15) is 5.10 Å². The SMILES string of the molecule is CCc1nn(CC)c(CN2CCc3cccc(N)c32)c1Br. The molecule has 0 saturated heterocycles. The van der Waals surface area contributed by atoms with Gasteiger partial charge in [0.1, 0.15) is 0 Å². The molecular formula is C16H21BrN4. The Morgan fingerprint density at radius 1 is 1.33 bits per heavy atom. The number of anilines is 2. The lowest BCUT2D eigenvalue weighted by Crippen LogP contribution is -2.23. The minimum atomic E-state index is 0.850. The Morgan fingerprint density at radius 2 is 2.14 bits per heavy atom. The highest BCUT2D eigenvalue weighted by molar-refractivity contribution is 9.10. The molecule has 0 atom stereocenters. The molecule has 2 aromatic rings. The van der Waals surface area contributed by atoms with E-state index in [0.29, 0.717) is 0 Å². The van der Waals surface area contributed by atoms with Crippen LogP contribution in [0.2, 0.25) is 0 Å². The molecule has 0 fully saturated rings. The molecular weight excluding hydrogens is 328 g/mol. The van der Waals surface area contributed by atoms with E-state index in [4.69, 9.17) is 5.73 Å². The minimum absolute atomic E-state index is 0.850. The van der Waals surface area contributed by atoms with Crippen LogP contribution in [0.15, 0.2) is 22.7 Å². The van der Waals surface area contributed by atoms with Crippen LogP contribution in [0, 0.1) is 0 Å². The Balaban J connectivity index is 1.95. The van der Waals surface area contributed by atoms with Crippen LogP contribution in [0.5, 0.6) is 0 Å². The highest BCUT2D eigenvalue weighted by Crippen LogP contribution is 2.35. The third-order valence-electron chi connectivity index (χ3n) is 4.15. The molecule has 4 nitrogen and oxygen atoms in total. The third kappa shape index (κ3) is 2.44. The molecule has 0 saturated carbocycles. The first kappa shape index (κ1) is 14.4. The van der Waals surface area contributed by atoms with Gasteiger partial charge in [-0.25, -0.2) is 0 Å². The Bertz CT molecular complexity index is 663. The summed E-state index contributed by atoms with van der Waals surface area (Å²) in [5.41, 5.74) is 12.0. The lowest BCUT2D eigenvalue weighted by atomic mass is 10.1. The summed E-state index contributed by atoms with van der Waals surface area (Å²) in [7, 11) is 0. The van der Waals surface area contributed by atoms with Gasteiger partial charge in [-0.05, 0) is 47.3 Å². The molecule has 2 N–H and O–H groups in total. The molecule has 21 heavy (non-hydrogen) atoms. The average molecular weight is 349 g/mol. The number of aryl methyl sites for hydroxylation is 2. The average Bonchev–Trinajstić information content (AvgIpc) is 3.03. The summed E-state index contributed by atoms with van der Waals surface area (Å²) in [5, 5.41) is 4.68. The molecule has 1 aliphatic rings. The summed E-state index contributed by atoms with van der Waals surface area (Å²) >= 11 is 3.73. The molecule has 0 aliphatic carbocycles. The van der Waals surface area contributed by atoms with Gasteiger partial charge >= 0.3 is 0 Å². The van der Waals surface area contributed by atoms with Crippen LogP contribution in [-0.4, -0.2) is 16.3 Å². The standard InChI is InChI=1S/C16H21BrN4/c1-3-13-15(17)14(21(4-2)19-13)10-20-9-8-11-6-5-7-12(18)16(11)20/h5-7H,3-4,8-10,18H2,1-2H3. The summed E-state index contributed by atoms with van der Waals surface area (Å²) in [6.45, 7) is 7.03. The van der Waals surface area contributed by atoms with E-state index < -0.39 is 0 Å². The molecule has 0 bridgehead atoms. The number of hydrogen-bond donors (Lipinski definition) is 1. The largest absolute Gasteiger partial charge is 0.397 e. The van der Waals surface area contributed by atoms with Crippen molar-refractivity contribution >= 4 is 27.3 Å². The van der Waals surface area contributed by atoms with E-state index in [-0.39, 0.29) is 0 Å². The van der Waals surface area contributed by atoms with Gasteiger partial charge in [-0.15, -0.1) is 0 Å². The highest BCUT2D eigenvalue weighted by Gasteiger charge is 2.24. The summed E-state index contributed by atoms with van der Waals surface area (Å²) in [4.78, 5) is 2.37. The van der Waals surface area contributed by atoms with Crippen molar-refractivity contribution in [1.29, 1.82) is 0 Å². The maximum Gasteiger partial charge on any atom is 0.0767 e. The molecule has 1 aliphatic heterocycles. The van der Waals surface area contributed by atoms with Crippen LogP contribution in [0.1, 0.15) is 30.8 Å². The number of nitrogen functional groups attached to an aromatic ring is 1. The quantitative estimate of drug-likeness (QED) is 0.861. The molecule has 0 spiro atoms. The summed E-state index contributed by atoms with van der Waals surface area (Å²) < 4.78 is 3.25. The van der Waals surface area contributed by atoms with E-state index in [0.717, 1.165) is 48.3 Å². The van der Waals surface area contributed by atoms with Crippen molar-refractivity contribution in [1.82, 2.24) is 9.78 Å². The second-order valence-corrected chi connectivity index (χ2v) is 6.20. The minimum Gasteiger partial charge on any atom is -0.397 e. The van der Waals surface area contributed by atoms with Crippen LogP contribution in [0.4, 0.5) is 11.4 Å². The number of rotatable bonds is 4. The van der Waals surface area contributed by atoms with Crippen molar-refractivity contribution in [3.8, 4) is 0 Å². The Kier molecular flexibility index (Phi) is 3.93. The van der Waals surface area contributed by atoms with E-state index in [1.54, 1.807) is 0 Å². The second-order valence-electron chi connectivity index (χ2n) is 5.40. The zero-order valence-electron chi connectivity index (χ0n) is 12.6. The van der Waals surface area contributed by atoms with E-state index in [2.05, 4.69) is 50.5 Å². The van der Waals surface area contributed by atoms with Crippen molar-refractivity contribution in [2.75, 3.05) is 17.2 Å². The van der Waals surface area contributed by atoms with Crippen LogP contribution in [-0.2, 0) is 25.9 Å². The lowest BCUT2D eigenvalue weighted by molar-refractivity contribution is 0.605. The van der Waals surface area contributed by atoms with Gasteiger partial charge in [0, 0.05) is 13.1 Å². The number of benzene rings is 1. The Hall–Kier alpha value is -1.49. The Labute approximate surface area is 134 Å². The predicted octanol–water partition coefficient (Wildman–Crippen LogP) is 3.37. The first-order chi connectivity index (χ1) is 10.2. The molecule has 112 valence electrons. The molecule has 0 amide bonds. The zero-order chi connectivity index (χ0) is 15.0. The lowest BCUT2D eigenvalue weighted by Gasteiger charge is -2.21. The summed E-state index contributed by atoms with van der Waals surface area (Å²) in [6.07, 6.45) is 2.01.